The lowest BCUT2D eigenvalue weighted by molar-refractivity contribution is 0.588. The van der Waals surface area contributed by atoms with Crippen molar-refractivity contribution in [1.82, 2.24) is 5.32 Å². The molecule has 1 fully saturated rings. The summed E-state index contributed by atoms with van der Waals surface area (Å²) in [6.07, 6.45) is 3.17. The zero-order chi connectivity index (χ0) is 12.3. The molecule has 0 radical (unpaired) electrons. The molecule has 0 aromatic heterocycles. The Morgan fingerprint density at radius 1 is 1.24 bits per heavy atom. The third kappa shape index (κ3) is 3.82. The van der Waals surface area contributed by atoms with Crippen molar-refractivity contribution in [3.63, 3.8) is 0 Å². The highest BCUT2D eigenvalue weighted by atomic mass is 32.2. The Labute approximate surface area is 103 Å². The lowest BCUT2D eigenvalue weighted by atomic mass is 10.2. The van der Waals surface area contributed by atoms with Crippen LogP contribution in [0.4, 0.5) is 0 Å². The van der Waals surface area contributed by atoms with Gasteiger partial charge < -0.3 is 5.32 Å². The van der Waals surface area contributed by atoms with Crippen molar-refractivity contribution in [2.45, 2.75) is 37.1 Å². The smallest absolute Gasteiger partial charge is 0.178 e. The van der Waals surface area contributed by atoms with E-state index in [0.717, 1.165) is 12.1 Å². The molecule has 1 aromatic rings. The van der Waals surface area contributed by atoms with Crippen molar-refractivity contribution in [3.05, 3.63) is 29.8 Å². The third-order valence-corrected chi connectivity index (χ3v) is 4.80. The van der Waals surface area contributed by atoms with Gasteiger partial charge in [-0.25, -0.2) is 8.42 Å². The molecule has 1 N–H and O–H groups in total. The number of rotatable bonds is 6. The molecule has 94 valence electrons. The fourth-order valence-electron chi connectivity index (χ4n) is 1.72. The molecule has 0 amide bonds. The van der Waals surface area contributed by atoms with Crippen LogP contribution in [0.3, 0.4) is 0 Å². The largest absolute Gasteiger partial charge is 0.314 e. The van der Waals surface area contributed by atoms with Crippen LogP contribution >= 0.6 is 0 Å². The molecule has 4 heteroatoms. The van der Waals surface area contributed by atoms with Crippen molar-refractivity contribution >= 4 is 9.84 Å². The predicted molar refractivity (Wildman–Crippen MR) is 68.9 cm³/mol. The molecule has 0 unspecified atom stereocenters. The summed E-state index contributed by atoms with van der Waals surface area (Å²) in [6, 6.07) is 7.72. The summed E-state index contributed by atoms with van der Waals surface area (Å²) >= 11 is 0. The fraction of sp³-hybridized carbons (Fsp3) is 0.538. The molecule has 17 heavy (non-hydrogen) atoms. The van der Waals surface area contributed by atoms with Gasteiger partial charge in [0.25, 0.3) is 0 Å². The van der Waals surface area contributed by atoms with E-state index in [1.807, 2.05) is 19.1 Å². The second kappa shape index (κ2) is 5.19. The van der Waals surface area contributed by atoms with Crippen LogP contribution in [0.25, 0.3) is 0 Å². The number of hydrogen-bond acceptors (Lipinski definition) is 3. The van der Waals surface area contributed by atoms with Gasteiger partial charge in [-0.05, 0) is 44.9 Å². The summed E-state index contributed by atoms with van der Waals surface area (Å²) in [6.45, 7) is 2.76. The summed E-state index contributed by atoms with van der Waals surface area (Å²) in [5, 5.41) is 3.33. The summed E-state index contributed by atoms with van der Waals surface area (Å²) < 4.78 is 24.0. The number of nitrogens with one attached hydrogen (secondary N) is 1. The van der Waals surface area contributed by atoms with E-state index in [1.165, 1.54) is 12.8 Å². The molecule has 2 rings (SSSR count). The van der Waals surface area contributed by atoms with Crippen LogP contribution in [0.15, 0.2) is 29.2 Å². The van der Waals surface area contributed by atoms with E-state index < -0.39 is 9.84 Å². The van der Waals surface area contributed by atoms with Gasteiger partial charge in [0.2, 0.25) is 0 Å². The van der Waals surface area contributed by atoms with E-state index in [0.29, 0.717) is 17.4 Å². The molecule has 1 aromatic carbocycles. The van der Waals surface area contributed by atoms with E-state index in [9.17, 15) is 8.42 Å². The number of sulfone groups is 1. The quantitative estimate of drug-likeness (QED) is 0.788. The molecule has 1 aliphatic rings. The summed E-state index contributed by atoms with van der Waals surface area (Å²) in [4.78, 5) is 0.439. The number of aryl methyl sites for hydroxylation is 1. The van der Waals surface area contributed by atoms with Gasteiger partial charge in [-0.3, -0.25) is 0 Å². The first kappa shape index (κ1) is 12.6. The second-order valence-electron chi connectivity index (χ2n) is 4.71. The minimum atomic E-state index is -3.09. The Morgan fingerprint density at radius 3 is 2.47 bits per heavy atom. The highest BCUT2D eigenvalue weighted by Gasteiger charge is 2.20. The molecular weight excluding hydrogens is 234 g/mol. The highest BCUT2D eigenvalue weighted by Crippen LogP contribution is 2.18. The number of benzene rings is 1. The van der Waals surface area contributed by atoms with Gasteiger partial charge in [0.05, 0.1) is 10.6 Å². The van der Waals surface area contributed by atoms with Gasteiger partial charge in [0, 0.05) is 6.04 Å². The van der Waals surface area contributed by atoms with E-state index in [4.69, 9.17) is 0 Å². The average Bonchev–Trinajstić information content (AvgIpc) is 3.09. The van der Waals surface area contributed by atoms with Crippen LogP contribution in [-0.4, -0.2) is 26.8 Å². The summed E-state index contributed by atoms with van der Waals surface area (Å²) in [5.74, 6) is 0.232. The number of hydrogen-bond donors (Lipinski definition) is 1. The van der Waals surface area contributed by atoms with Crippen LogP contribution in [0.2, 0.25) is 0 Å². The molecule has 0 atom stereocenters. The van der Waals surface area contributed by atoms with Gasteiger partial charge in [-0.15, -0.1) is 0 Å². The van der Waals surface area contributed by atoms with E-state index in [1.54, 1.807) is 12.1 Å². The van der Waals surface area contributed by atoms with E-state index >= 15 is 0 Å². The minimum Gasteiger partial charge on any atom is -0.314 e. The SMILES string of the molecule is Cc1ccc(S(=O)(=O)CCCNC2CC2)cc1. The topological polar surface area (TPSA) is 46.2 Å². The first-order valence-corrected chi connectivity index (χ1v) is 7.76. The molecule has 0 heterocycles. The molecule has 0 aliphatic heterocycles. The molecular formula is C13H19NO2S. The van der Waals surface area contributed by atoms with E-state index in [-0.39, 0.29) is 5.75 Å². The lowest BCUT2D eigenvalue weighted by Crippen LogP contribution is -2.20. The Balaban J connectivity index is 1.86. The maximum Gasteiger partial charge on any atom is 0.178 e. The molecule has 0 bridgehead atoms. The van der Waals surface area contributed by atoms with Gasteiger partial charge in [-0.1, -0.05) is 17.7 Å². The van der Waals surface area contributed by atoms with Crippen LogP contribution < -0.4 is 5.32 Å². The molecule has 1 aliphatic carbocycles. The molecule has 1 saturated carbocycles. The predicted octanol–water partition coefficient (Wildman–Crippen LogP) is 1.91. The van der Waals surface area contributed by atoms with Crippen LogP contribution in [-0.2, 0) is 9.84 Å². The third-order valence-electron chi connectivity index (χ3n) is 2.98. The van der Waals surface area contributed by atoms with Crippen LogP contribution in [0, 0.1) is 6.92 Å². The molecule has 0 saturated heterocycles. The van der Waals surface area contributed by atoms with Gasteiger partial charge in [0.1, 0.15) is 0 Å². The van der Waals surface area contributed by atoms with Gasteiger partial charge >= 0.3 is 0 Å². The van der Waals surface area contributed by atoms with Crippen molar-refractivity contribution in [2.75, 3.05) is 12.3 Å². The Morgan fingerprint density at radius 2 is 1.88 bits per heavy atom. The van der Waals surface area contributed by atoms with Crippen LogP contribution in [0.1, 0.15) is 24.8 Å². The van der Waals surface area contributed by atoms with Crippen molar-refractivity contribution < 1.29 is 8.42 Å². The van der Waals surface area contributed by atoms with Crippen molar-refractivity contribution in [1.29, 1.82) is 0 Å². The molecule has 3 nitrogen and oxygen atoms in total. The van der Waals surface area contributed by atoms with Gasteiger partial charge in [-0.2, -0.15) is 0 Å². The standard InChI is InChI=1S/C13H19NO2S/c1-11-3-7-13(8-4-11)17(15,16)10-2-9-14-12-5-6-12/h3-4,7-8,12,14H,2,5-6,9-10H2,1H3. The maximum absolute atomic E-state index is 12.0. The lowest BCUT2D eigenvalue weighted by Gasteiger charge is -2.05. The Bertz CT molecular complexity index is 461. The van der Waals surface area contributed by atoms with Crippen molar-refractivity contribution in [3.8, 4) is 0 Å². The van der Waals surface area contributed by atoms with E-state index in [2.05, 4.69) is 5.32 Å². The summed E-state index contributed by atoms with van der Waals surface area (Å²) in [5.41, 5.74) is 1.08. The zero-order valence-electron chi connectivity index (χ0n) is 10.1. The zero-order valence-corrected chi connectivity index (χ0v) is 11.0. The minimum absolute atomic E-state index is 0.232. The van der Waals surface area contributed by atoms with Gasteiger partial charge in [0.15, 0.2) is 9.84 Å². The van der Waals surface area contributed by atoms with Crippen molar-refractivity contribution in [2.24, 2.45) is 0 Å². The fourth-order valence-corrected chi connectivity index (χ4v) is 3.03. The average molecular weight is 253 g/mol. The monoisotopic (exact) mass is 253 g/mol. The Hall–Kier alpha value is -0.870. The first-order valence-electron chi connectivity index (χ1n) is 6.11. The molecule has 0 spiro atoms. The van der Waals surface area contributed by atoms with Crippen LogP contribution in [0.5, 0.6) is 0 Å². The highest BCUT2D eigenvalue weighted by molar-refractivity contribution is 7.91. The Kier molecular flexibility index (Phi) is 3.84. The second-order valence-corrected chi connectivity index (χ2v) is 6.82. The summed E-state index contributed by atoms with van der Waals surface area (Å²) in [7, 11) is -3.09. The maximum atomic E-state index is 12.0. The normalized spacial score (nSPS) is 16.1. The first-order chi connectivity index (χ1) is 8.08.